The average Bonchev–Trinajstić information content (AvgIpc) is 2.21. The van der Waals surface area contributed by atoms with E-state index in [2.05, 4.69) is 0 Å². The maximum Gasteiger partial charge on any atom is 0.267 e. The summed E-state index contributed by atoms with van der Waals surface area (Å²) in [5, 5.41) is 1.08. The Bertz CT molecular complexity index is 386. The van der Waals surface area contributed by atoms with Gasteiger partial charge in [0.25, 0.3) is 5.91 Å². The van der Waals surface area contributed by atoms with Crippen molar-refractivity contribution in [2.75, 3.05) is 14.2 Å². The van der Waals surface area contributed by atoms with E-state index in [1.165, 1.54) is 7.05 Å². The second kappa shape index (κ2) is 4.31. The minimum absolute atomic E-state index is 0.196. The van der Waals surface area contributed by atoms with Gasteiger partial charge in [0.1, 0.15) is 5.75 Å². The molecular formula is C11H16N2O2. The van der Waals surface area contributed by atoms with Crippen LogP contribution in [0.2, 0.25) is 0 Å². The highest BCUT2D eigenvalue weighted by Gasteiger charge is 2.14. The van der Waals surface area contributed by atoms with Gasteiger partial charge in [0.05, 0.1) is 7.11 Å². The Morgan fingerprint density at radius 1 is 1.33 bits per heavy atom. The molecule has 0 aliphatic rings. The highest BCUT2D eigenvalue weighted by molar-refractivity contribution is 5.95. The summed E-state index contributed by atoms with van der Waals surface area (Å²) in [6.45, 7) is 3.80. The minimum atomic E-state index is -0.196. The van der Waals surface area contributed by atoms with Crippen LogP contribution in [0.1, 0.15) is 21.5 Å². The molecule has 1 rings (SSSR count). The fraction of sp³-hybridized carbons (Fsp3) is 0.364. The molecule has 2 N–H and O–H groups in total. The van der Waals surface area contributed by atoms with Gasteiger partial charge in [0, 0.05) is 12.6 Å². The maximum atomic E-state index is 11.7. The van der Waals surface area contributed by atoms with Gasteiger partial charge in [-0.25, -0.2) is 5.84 Å². The number of carbonyl (C=O) groups is 1. The Kier molecular flexibility index (Phi) is 3.31. The summed E-state index contributed by atoms with van der Waals surface area (Å²) in [6, 6.07) is 3.51. The third kappa shape index (κ3) is 2.10. The van der Waals surface area contributed by atoms with Gasteiger partial charge >= 0.3 is 0 Å². The van der Waals surface area contributed by atoms with E-state index >= 15 is 0 Å². The number of amides is 1. The van der Waals surface area contributed by atoms with Crippen molar-refractivity contribution in [3.05, 3.63) is 28.8 Å². The van der Waals surface area contributed by atoms with Crippen LogP contribution >= 0.6 is 0 Å². The smallest absolute Gasteiger partial charge is 0.267 e. The summed E-state index contributed by atoms with van der Waals surface area (Å²) >= 11 is 0. The van der Waals surface area contributed by atoms with Crippen LogP contribution in [-0.4, -0.2) is 25.1 Å². The fourth-order valence-corrected chi connectivity index (χ4v) is 1.44. The van der Waals surface area contributed by atoms with Crippen LogP contribution in [0, 0.1) is 13.8 Å². The number of hydrogen-bond acceptors (Lipinski definition) is 3. The normalized spacial score (nSPS) is 9.93. The van der Waals surface area contributed by atoms with Crippen molar-refractivity contribution in [2.45, 2.75) is 13.8 Å². The van der Waals surface area contributed by atoms with Crippen molar-refractivity contribution in [1.29, 1.82) is 0 Å². The average molecular weight is 208 g/mol. The molecule has 4 nitrogen and oxygen atoms in total. The number of nitrogens with zero attached hydrogens (tertiary/aromatic N) is 1. The number of ether oxygens (including phenoxy) is 1. The Labute approximate surface area is 89.6 Å². The largest absolute Gasteiger partial charge is 0.496 e. The van der Waals surface area contributed by atoms with Gasteiger partial charge in [-0.1, -0.05) is 0 Å². The Morgan fingerprint density at radius 2 is 1.93 bits per heavy atom. The number of benzene rings is 1. The van der Waals surface area contributed by atoms with Crippen molar-refractivity contribution in [3.63, 3.8) is 0 Å². The van der Waals surface area contributed by atoms with Crippen molar-refractivity contribution in [3.8, 4) is 5.75 Å². The molecule has 0 aromatic heterocycles. The number of hydrogen-bond donors (Lipinski definition) is 1. The van der Waals surface area contributed by atoms with Crippen LogP contribution in [0.25, 0.3) is 0 Å². The molecule has 0 aliphatic heterocycles. The summed E-state index contributed by atoms with van der Waals surface area (Å²) in [4.78, 5) is 11.7. The molecule has 0 saturated carbocycles. The van der Waals surface area contributed by atoms with Crippen molar-refractivity contribution in [1.82, 2.24) is 5.01 Å². The van der Waals surface area contributed by atoms with E-state index in [1.54, 1.807) is 19.2 Å². The topological polar surface area (TPSA) is 55.6 Å². The zero-order valence-corrected chi connectivity index (χ0v) is 9.50. The quantitative estimate of drug-likeness (QED) is 0.452. The predicted molar refractivity (Wildman–Crippen MR) is 58.7 cm³/mol. The second-order valence-electron chi connectivity index (χ2n) is 3.48. The van der Waals surface area contributed by atoms with Gasteiger partial charge in [-0.05, 0) is 37.1 Å². The maximum absolute atomic E-state index is 11.7. The molecule has 4 heteroatoms. The molecule has 0 fully saturated rings. The molecule has 0 bridgehead atoms. The lowest BCUT2D eigenvalue weighted by Crippen LogP contribution is -2.33. The lowest BCUT2D eigenvalue weighted by Gasteiger charge is -2.15. The van der Waals surface area contributed by atoms with Gasteiger partial charge in [0.15, 0.2) is 0 Å². The summed E-state index contributed by atoms with van der Waals surface area (Å²) in [5.41, 5.74) is 2.47. The van der Waals surface area contributed by atoms with E-state index in [1.807, 2.05) is 13.8 Å². The first-order valence-electron chi connectivity index (χ1n) is 4.66. The molecule has 82 valence electrons. The number of nitrogens with two attached hydrogens (primary N) is 1. The third-order valence-corrected chi connectivity index (χ3v) is 2.51. The van der Waals surface area contributed by atoms with Gasteiger partial charge in [-0.3, -0.25) is 9.80 Å². The number of hydrazine groups is 1. The number of rotatable bonds is 2. The highest BCUT2D eigenvalue weighted by Crippen LogP contribution is 2.24. The van der Waals surface area contributed by atoms with E-state index in [4.69, 9.17) is 10.6 Å². The Balaban J connectivity index is 3.23. The molecule has 0 saturated heterocycles. The zero-order chi connectivity index (χ0) is 11.6. The lowest BCUT2D eigenvalue weighted by molar-refractivity contribution is 0.0794. The van der Waals surface area contributed by atoms with Gasteiger partial charge in [-0.2, -0.15) is 0 Å². The van der Waals surface area contributed by atoms with Crippen molar-refractivity contribution < 1.29 is 9.53 Å². The molecule has 0 spiro atoms. The molecule has 0 atom stereocenters. The first-order chi connectivity index (χ1) is 6.99. The van der Waals surface area contributed by atoms with Crippen LogP contribution in [0.4, 0.5) is 0 Å². The lowest BCUT2D eigenvalue weighted by atomic mass is 10.0. The van der Waals surface area contributed by atoms with E-state index in [9.17, 15) is 4.79 Å². The van der Waals surface area contributed by atoms with Crippen molar-refractivity contribution >= 4 is 5.91 Å². The second-order valence-corrected chi connectivity index (χ2v) is 3.48. The SMILES string of the molecule is COc1ccc(C(=O)N(C)N)c(C)c1C. The zero-order valence-electron chi connectivity index (χ0n) is 9.50. The van der Waals surface area contributed by atoms with Crippen LogP contribution in [0.3, 0.4) is 0 Å². The van der Waals surface area contributed by atoms with E-state index in [0.717, 1.165) is 21.9 Å². The van der Waals surface area contributed by atoms with E-state index in [-0.39, 0.29) is 5.91 Å². The van der Waals surface area contributed by atoms with Crippen LogP contribution in [0.15, 0.2) is 12.1 Å². The number of carbonyl (C=O) groups excluding carboxylic acids is 1. The minimum Gasteiger partial charge on any atom is -0.496 e. The molecule has 0 radical (unpaired) electrons. The standard InChI is InChI=1S/C11H16N2O2/c1-7-8(2)10(15-4)6-5-9(7)11(14)13(3)12/h5-6H,12H2,1-4H3. The first-order valence-corrected chi connectivity index (χ1v) is 4.66. The summed E-state index contributed by atoms with van der Waals surface area (Å²) < 4.78 is 5.16. The Morgan fingerprint density at radius 3 is 2.40 bits per heavy atom. The molecule has 1 amide bonds. The van der Waals surface area contributed by atoms with Crippen LogP contribution in [-0.2, 0) is 0 Å². The molecule has 1 aromatic rings. The molecule has 0 aliphatic carbocycles. The van der Waals surface area contributed by atoms with Crippen molar-refractivity contribution in [2.24, 2.45) is 5.84 Å². The van der Waals surface area contributed by atoms with Crippen LogP contribution in [0.5, 0.6) is 5.75 Å². The molecular weight excluding hydrogens is 192 g/mol. The summed E-state index contributed by atoms with van der Waals surface area (Å²) in [5.74, 6) is 6.00. The predicted octanol–water partition coefficient (Wildman–Crippen LogP) is 1.26. The van der Waals surface area contributed by atoms with E-state index < -0.39 is 0 Å². The van der Waals surface area contributed by atoms with E-state index in [0.29, 0.717) is 5.56 Å². The fourth-order valence-electron chi connectivity index (χ4n) is 1.44. The molecule has 0 unspecified atom stereocenters. The monoisotopic (exact) mass is 208 g/mol. The number of methoxy groups -OCH3 is 1. The first kappa shape index (κ1) is 11.5. The summed E-state index contributed by atoms with van der Waals surface area (Å²) in [6.07, 6.45) is 0. The van der Waals surface area contributed by atoms with Gasteiger partial charge in [0.2, 0.25) is 0 Å². The van der Waals surface area contributed by atoms with Gasteiger partial charge < -0.3 is 4.74 Å². The molecule has 15 heavy (non-hydrogen) atoms. The van der Waals surface area contributed by atoms with Crippen LogP contribution < -0.4 is 10.6 Å². The van der Waals surface area contributed by atoms with Gasteiger partial charge in [-0.15, -0.1) is 0 Å². The molecule has 1 aromatic carbocycles. The Hall–Kier alpha value is -1.55. The third-order valence-electron chi connectivity index (χ3n) is 2.51. The molecule has 0 heterocycles. The summed E-state index contributed by atoms with van der Waals surface area (Å²) in [7, 11) is 3.14. The highest BCUT2D eigenvalue weighted by atomic mass is 16.5.